The quantitative estimate of drug-likeness (QED) is 0.438. The van der Waals surface area contributed by atoms with Crippen LogP contribution in [0.15, 0.2) is 4.99 Å². The second kappa shape index (κ2) is 6.22. The first kappa shape index (κ1) is 11.7. The lowest BCUT2D eigenvalue weighted by atomic mass is 10.1. The minimum atomic E-state index is 0.116. The van der Waals surface area contributed by atoms with Gasteiger partial charge in [0.15, 0.2) is 0 Å². The van der Waals surface area contributed by atoms with Gasteiger partial charge < -0.3 is 0 Å². The Hall–Kier alpha value is -0.330. The second-order valence-corrected chi connectivity index (χ2v) is 4.33. The summed E-state index contributed by atoms with van der Waals surface area (Å²) in [5.74, 6) is 0. The van der Waals surface area contributed by atoms with Crippen LogP contribution in [0.5, 0.6) is 0 Å². The van der Waals surface area contributed by atoms with Crippen molar-refractivity contribution in [3.63, 3.8) is 0 Å². The average molecular weight is 169 g/mol. The Labute approximate surface area is 77.3 Å². The highest BCUT2D eigenvalue weighted by Crippen LogP contribution is 2.06. The SMILES string of the molecule is CCCCCCC=NC(C)(C)C. The van der Waals surface area contributed by atoms with Crippen LogP contribution in [-0.4, -0.2) is 11.8 Å². The van der Waals surface area contributed by atoms with Gasteiger partial charge in [-0.2, -0.15) is 0 Å². The largest absolute Gasteiger partial charge is 0.292 e. The summed E-state index contributed by atoms with van der Waals surface area (Å²) >= 11 is 0. The van der Waals surface area contributed by atoms with E-state index < -0.39 is 0 Å². The zero-order chi connectivity index (χ0) is 9.45. The van der Waals surface area contributed by atoms with Crippen molar-refractivity contribution in [2.75, 3.05) is 0 Å². The number of rotatable bonds is 5. The van der Waals surface area contributed by atoms with Gasteiger partial charge >= 0.3 is 0 Å². The van der Waals surface area contributed by atoms with E-state index >= 15 is 0 Å². The molecule has 0 unspecified atom stereocenters. The van der Waals surface area contributed by atoms with Crippen LogP contribution in [-0.2, 0) is 0 Å². The number of hydrogen-bond acceptors (Lipinski definition) is 1. The Morgan fingerprint density at radius 2 is 1.75 bits per heavy atom. The third kappa shape index (κ3) is 9.67. The van der Waals surface area contributed by atoms with E-state index in [0.29, 0.717) is 0 Å². The van der Waals surface area contributed by atoms with E-state index in [1.54, 1.807) is 0 Å². The molecule has 0 rings (SSSR count). The van der Waals surface area contributed by atoms with Crippen LogP contribution >= 0.6 is 0 Å². The number of unbranched alkanes of at least 4 members (excludes halogenated alkanes) is 4. The molecule has 0 radical (unpaired) electrons. The third-order valence-electron chi connectivity index (χ3n) is 1.67. The third-order valence-corrected chi connectivity index (χ3v) is 1.67. The Bertz CT molecular complexity index is 119. The van der Waals surface area contributed by atoms with Gasteiger partial charge in [0.1, 0.15) is 0 Å². The van der Waals surface area contributed by atoms with E-state index in [-0.39, 0.29) is 5.54 Å². The molecule has 0 aliphatic carbocycles. The first-order valence-corrected chi connectivity index (χ1v) is 5.10. The highest BCUT2D eigenvalue weighted by molar-refractivity contribution is 5.57. The minimum Gasteiger partial charge on any atom is -0.292 e. The average Bonchev–Trinajstić information content (AvgIpc) is 1.94. The molecule has 0 aliphatic rings. The molecule has 0 saturated carbocycles. The molecule has 0 aromatic heterocycles. The Morgan fingerprint density at radius 3 is 2.25 bits per heavy atom. The molecule has 0 heterocycles. The molecule has 0 aromatic carbocycles. The molecule has 12 heavy (non-hydrogen) atoms. The fourth-order valence-corrected chi connectivity index (χ4v) is 1.00. The number of aliphatic imine (C=N–C) groups is 1. The van der Waals surface area contributed by atoms with Crippen molar-refractivity contribution in [3.8, 4) is 0 Å². The molecule has 72 valence electrons. The zero-order valence-corrected chi connectivity index (χ0v) is 9.06. The molecular formula is C11H23N. The Morgan fingerprint density at radius 1 is 1.08 bits per heavy atom. The fraction of sp³-hybridized carbons (Fsp3) is 0.909. The van der Waals surface area contributed by atoms with Crippen molar-refractivity contribution in [1.82, 2.24) is 0 Å². The van der Waals surface area contributed by atoms with Crippen LogP contribution in [0.3, 0.4) is 0 Å². The smallest absolute Gasteiger partial charge is 0.0520 e. The molecule has 1 nitrogen and oxygen atoms in total. The van der Waals surface area contributed by atoms with Crippen molar-refractivity contribution in [1.29, 1.82) is 0 Å². The molecular weight excluding hydrogens is 146 g/mol. The lowest BCUT2D eigenvalue weighted by Crippen LogP contribution is -2.09. The fourth-order valence-electron chi connectivity index (χ4n) is 1.00. The van der Waals surface area contributed by atoms with Crippen molar-refractivity contribution in [2.45, 2.75) is 65.3 Å². The van der Waals surface area contributed by atoms with Crippen LogP contribution in [0.4, 0.5) is 0 Å². The van der Waals surface area contributed by atoms with E-state index in [9.17, 15) is 0 Å². The summed E-state index contributed by atoms with van der Waals surface area (Å²) in [5.41, 5.74) is 0.116. The van der Waals surface area contributed by atoms with Gasteiger partial charge in [0, 0.05) is 0 Å². The monoisotopic (exact) mass is 169 g/mol. The Balaban J connectivity index is 3.25. The van der Waals surface area contributed by atoms with Gasteiger partial charge in [-0.1, -0.05) is 26.2 Å². The van der Waals surface area contributed by atoms with Crippen LogP contribution in [0, 0.1) is 0 Å². The first-order chi connectivity index (χ1) is 5.56. The van der Waals surface area contributed by atoms with E-state index in [1.807, 2.05) is 0 Å². The highest BCUT2D eigenvalue weighted by atomic mass is 14.8. The molecule has 0 saturated heterocycles. The van der Waals surface area contributed by atoms with Crippen molar-refractivity contribution in [3.05, 3.63) is 0 Å². The lowest BCUT2D eigenvalue weighted by molar-refractivity contribution is 0.583. The van der Waals surface area contributed by atoms with Gasteiger partial charge in [0.25, 0.3) is 0 Å². The molecule has 0 N–H and O–H groups in total. The van der Waals surface area contributed by atoms with Crippen LogP contribution in [0.2, 0.25) is 0 Å². The maximum absolute atomic E-state index is 4.43. The number of hydrogen-bond donors (Lipinski definition) is 0. The topological polar surface area (TPSA) is 12.4 Å². The van der Waals surface area contributed by atoms with Gasteiger partial charge in [0.2, 0.25) is 0 Å². The van der Waals surface area contributed by atoms with Gasteiger partial charge in [-0.3, -0.25) is 4.99 Å². The standard InChI is InChI=1S/C11H23N/c1-5-6-7-8-9-10-12-11(2,3)4/h10H,5-9H2,1-4H3. The van der Waals surface area contributed by atoms with Crippen LogP contribution in [0.25, 0.3) is 0 Å². The summed E-state index contributed by atoms with van der Waals surface area (Å²) in [5, 5.41) is 0. The molecule has 0 aromatic rings. The number of nitrogens with zero attached hydrogens (tertiary/aromatic N) is 1. The van der Waals surface area contributed by atoms with Crippen molar-refractivity contribution >= 4 is 6.21 Å². The lowest BCUT2D eigenvalue weighted by Gasteiger charge is -2.10. The van der Waals surface area contributed by atoms with Gasteiger partial charge in [-0.25, -0.2) is 0 Å². The highest BCUT2D eigenvalue weighted by Gasteiger charge is 2.03. The maximum atomic E-state index is 4.43. The van der Waals surface area contributed by atoms with Gasteiger partial charge in [-0.15, -0.1) is 0 Å². The van der Waals surface area contributed by atoms with E-state index in [1.165, 1.54) is 25.7 Å². The predicted molar refractivity (Wildman–Crippen MR) is 57.0 cm³/mol. The molecule has 0 aliphatic heterocycles. The Kier molecular flexibility index (Phi) is 6.04. The zero-order valence-electron chi connectivity index (χ0n) is 9.06. The normalized spacial score (nSPS) is 12.7. The van der Waals surface area contributed by atoms with Crippen molar-refractivity contribution < 1.29 is 0 Å². The molecule has 0 amide bonds. The molecule has 0 bridgehead atoms. The van der Waals surface area contributed by atoms with Crippen LogP contribution < -0.4 is 0 Å². The van der Waals surface area contributed by atoms with Gasteiger partial charge in [0.05, 0.1) is 5.54 Å². The summed E-state index contributed by atoms with van der Waals surface area (Å²) in [4.78, 5) is 4.43. The summed E-state index contributed by atoms with van der Waals surface area (Å²) < 4.78 is 0. The van der Waals surface area contributed by atoms with Crippen LogP contribution in [0.1, 0.15) is 59.8 Å². The van der Waals surface area contributed by atoms with E-state index in [0.717, 1.165) is 6.42 Å². The second-order valence-electron chi connectivity index (χ2n) is 4.33. The summed E-state index contributed by atoms with van der Waals surface area (Å²) in [6.45, 7) is 8.64. The molecule has 0 spiro atoms. The van der Waals surface area contributed by atoms with E-state index in [4.69, 9.17) is 0 Å². The summed E-state index contributed by atoms with van der Waals surface area (Å²) in [6.07, 6.45) is 8.56. The van der Waals surface area contributed by atoms with Gasteiger partial charge in [-0.05, 0) is 39.8 Å². The summed E-state index contributed by atoms with van der Waals surface area (Å²) in [6, 6.07) is 0. The maximum Gasteiger partial charge on any atom is 0.0520 e. The minimum absolute atomic E-state index is 0.116. The molecule has 1 heteroatoms. The summed E-state index contributed by atoms with van der Waals surface area (Å²) in [7, 11) is 0. The van der Waals surface area contributed by atoms with Crippen molar-refractivity contribution in [2.24, 2.45) is 4.99 Å². The predicted octanol–water partition coefficient (Wildman–Crippen LogP) is 3.83. The van der Waals surface area contributed by atoms with E-state index in [2.05, 4.69) is 38.9 Å². The first-order valence-electron chi connectivity index (χ1n) is 5.10. The molecule has 0 fully saturated rings. The molecule has 0 atom stereocenters.